The average Bonchev–Trinajstić information content (AvgIpc) is 2.03. The Morgan fingerprint density at radius 1 is 1.36 bits per heavy atom. The molecule has 0 radical (unpaired) electrons. The van der Waals surface area contributed by atoms with Gasteiger partial charge in [-0.1, -0.05) is 19.0 Å². The monoisotopic (exact) mass is 201 g/mol. The molecule has 0 heterocycles. The molecule has 0 aromatic rings. The minimum Gasteiger partial charge on any atom is -0.393 e. The SMILES string of the molecule is CC(C)(CCOC(C)(C)CO)N=[N+]=[N-]. The number of rotatable bonds is 6. The highest BCUT2D eigenvalue weighted by atomic mass is 16.5. The molecule has 5 heteroatoms. The maximum absolute atomic E-state index is 8.92. The van der Waals surface area contributed by atoms with Crippen molar-refractivity contribution in [2.45, 2.75) is 45.3 Å². The van der Waals surface area contributed by atoms with Crippen molar-refractivity contribution in [1.29, 1.82) is 0 Å². The Hall–Kier alpha value is -0.770. The van der Waals surface area contributed by atoms with Crippen molar-refractivity contribution >= 4 is 0 Å². The largest absolute Gasteiger partial charge is 0.393 e. The summed E-state index contributed by atoms with van der Waals surface area (Å²) in [6, 6.07) is 0. The number of ether oxygens (including phenoxy) is 1. The van der Waals surface area contributed by atoms with Crippen LogP contribution in [0.15, 0.2) is 5.11 Å². The number of azide groups is 1. The predicted octanol–water partition coefficient (Wildman–Crippen LogP) is 2.25. The van der Waals surface area contributed by atoms with Gasteiger partial charge in [0, 0.05) is 17.1 Å². The van der Waals surface area contributed by atoms with Gasteiger partial charge in [0.1, 0.15) is 0 Å². The summed E-state index contributed by atoms with van der Waals surface area (Å²) in [5.41, 5.74) is 7.33. The summed E-state index contributed by atoms with van der Waals surface area (Å²) in [4.78, 5) is 2.76. The van der Waals surface area contributed by atoms with E-state index >= 15 is 0 Å². The first-order chi connectivity index (χ1) is 6.33. The normalized spacial score (nSPS) is 12.4. The van der Waals surface area contributed by atoms with Crippen LogP contribution in [0.4, 0.5) is 0 Å². The number of hydrogen-bond donors (Lipinski definition) is 1. The van der Waals surface area contributed by atoms with Crippen molar-refractivity contribution in [2.24, 2.45) is 5.11 Å². The van der Waals surface area contributed by atoms with E-state index in [-0.39, 0.29) is 6.61 Å². The fraction of sp³-hybridized carbons (Fsp3) is 1.00. The van der Waals surface area contributed by atoms with Crippen molar-refractivity contribution in [2.75, 3.05) is 13.2 Å². The van der Waals surface area contributed by atoms with Crippen molar-refractivity contribution in [3.8, 4) is 0 Å². The summed E-state index contributed by atoms with van der Waals surface area (Å²) in [5.74, 6) is 0. The Bertz CT molecular complexity index is 220. The molecule has 0 saturated carbocycles. The van der Waals surface area contributed by atoms with Gasteiger partial charge in [-0.3, -0.25) is 0 Å². The van der Waals surface area contributed by atoms with Crippen LogP contribution in [0.2, 0.25) is 0 Å². The van der Waals surface area contributed by atoms with E-state index < -0.39 is 11.1 Å². The molecule has 0 unspecified atom stereocenters. The molecule has 0 aromatic carbocycles. The minimum absolute atomic E-state index is 0.0189. The molecule has 0 saturated heterocycles. The predicted molar refractivity (Wildman–Crippen MR) is 55.0 cm³/mol. The fourth-order valence-corrected chi connectivity index (χ4v) is 0.794. The van der Waals surface area contributed by atoms with E-state index in [0.29, 0.717) is 13.0 Å². The van der Waals surface area contributed by atoms with Gasteiger partial charge in [0.25, 0.3) is 0 Å². The van der Waals surface area contributed by atoms with E-state index in [1.54, 1.807) is 0 Å². The van der Waals surface area contributed by atoms with Crippen molar-refractivity contribution in [3.05, 3.63) is 10.4 Å². The third-order valence-corrected chi connectivity index (χ3v) is 1.90. The lowest BCUT2D eigenvalue weighted by atomic mass is 10.0. The second-order valence-corrected chi connectivity index (χ2v) is 4.52. The Morgan fingerprint density at radius 3 is 2.36 bits per heavy atom. The van der Waals surface area contributed by atoms with E-state index in [1.807, 2.05) is 27.7 Å². The topological polar surface area (TPSA) is 78.2 Å². The maximum Gasteiger partial charge on any atom is 0.0856 e. The molecule has 82 valence electrons. The quantitative estimate of drug-likeness (QED) is 0.406. The smallest absolute Gasteiger partial charge is 0.0856 e. The first-order valence-corrected chi connectivity index (χ1v) is 4.64. The molecule has 0 aromatic heterocycles. The summed E-state index contributed by atoms with van der Waals surface area (Å²) in [5, 5.41) is 12.6. The van der Waals surface area contributed by atoms with Crippen LogP contribution >= 0.6 is 0 Å². The molecule has 5 nitrogen and oxygen atoms in total. The van der Waals surface area contributed by atoms with Gasteiger partial charge < -0.3 is 9.84 Å². The molecule has 0 aliphatic rings. The fourth-order valence-electron chi connectivity index (χ4n) is 0.794. The summed E-state index contributed by atoms with van der Waals surface area (Å²) in [6.45, 7) is 7.78. The lowest BCUT2D eigenvalue weighted by Gasteiger charge is -2.25. The van der Waals surface area contributed by atoms with Gasteiger partial charge in [-0.2, -0.15) is 0 Å². The highest BCUT2D eigenvalue weighted by molar-refractivity contribution is 4.78. The van der Waals surface area contributed by atoms with Crippen LogP contribution in [-0.4, -0.2) is 29.5 Å². The molecule has 0 fully saturated rings. The lowest BCUT2D eigenvalue weighted by molar-refractivity contribution is -0.0577. The summed E-state index contributed by atoms with van der Waals surface area (Å²) < 4.78 is 5.43. The highest BCUT2D eigenvalue weighted by Gasteiger charge is 2.20. The van der Waals surface area contributed by atoms with Gasteiger partial charge in [0.2, 0.25) is 0 Å². The number of aliphatic hydroxyl groups excluding tert-OH is 1. The Balaban J connectivity index is 3.90. The number of nitrogens with zero attached hydrogens (tertiary/aromatic N) is 3. The first-order valence-electron chi connectivity index (χ1n) is 4.64. The van der Waals surface area contributed by atoms with E-state index in [0.717, 1.165) is 0 Å². The highest BCUT2D eigenvalue weighted by Crippen LogP contribution is 2.16. The van der Waals surface area contributed by atoms with Crippen LogP contribution in [0.5, 0.6) is 0 Å². The molecule has 14 heavy (non-hydrogen) atoms. The number of aliphatic hydroxyl groups is 1. The second-order valence-electron chi connectivity index (χ2n) is 4.52. The van der Waals surface area contributed by atoms with E-state index in [9.17, 15) is 0 Å². The standard InChI is InChI=1S/C9H19N3O2/c1-8(2,11-12-10)5-6-14-9(3,4)7-13/h13H,5-7H2,1-4H3. The van der Waals surface area contributed by atoms with Gasteiger partial charge in [-0.15, -0.1) is 0 Å². The van der Waals surface area contributed by atoms with Crippen LogP contribution in [0.3, 0.4) is 0 Å². The van der Waals surface area contributed by atoms with Gasteiger partial charge in [-0.25, -0.2) is 0 Å². The molecule has 0 atom stereocenters. The van der Waals surface area contributed by atoms with Gasteiger partial charge in [-0.05, 0) is 25.8 Å². The molecule has 0 rings (SSSR count). The maximum atomic E-state index is 8.92. The van der Waals surface area contributed by atoms with Crippen LogP contribution in [0, 0.1) is 0 Å². The number of hydrogen-bond acceptors (Lipinski definition) is 3. The van der Waals surface area contributed by atoms with Crippen molar-refractivity contribution in [1.82, 2.24) is 0 Å². The molecule has 1 N–H and O–H groups in total. The molecule has 0 spiro atoms. The van der Waals surface area contributed by atoms with E-state index in [4.69, 9.17) is 15.4 Å². The molecule has 0 bridgehead atoms. The van der Waals surface area contributed by atoms with E-state index in [2.05, 4.69) is 10.0 Å². The zero-order chi connectivity index (χ0) is 11.2. The molecule has 0 amide bonds. The summed E-state index contributed by atoms with van der Waals surface area (Å²) >= 11 is 0. The zero-order valence-electron chi connectivity index (χ0n) is 9.32. The van der Waals surface area contributed by atoms with Crippen LogP contribution < -0.4 is 0 Å². The summed E-state index contributed by atoms with van der Waals surface area (Å²) in [7, 11) is 0. The Kier molecular flexibility index (Phi) is 4.91. The zero-order valence-corrected chi connectivity index (χ0v) is 9.32. The lowest BCUT2D eigenvalue weighted by Crippen LogP contribution is -2.31. The van der Waals surface area contributed by atoms with Crippen molar-refractivity contribution < 1.29 is 9.84 Å². The minimum atomic E-state index is -0.521. The first kappa shape index (κ1) is 13.2. The molecular weight excluding hydrogens is 182 g/mol. The Morgan fingerprint density at radius 2 is 1.93 bits per heavy atom. The molecule has 0 aliphatic carbocycles. The van der Waals surface area contributed by atoms with Gasteiger partial charge in [0.05, 0.1) is 12.2 Å². The van der Waals surface area contributed by atoms with Crippen LogP contribution in [0.25, 0.3) is 10.4 Å². The molecule has 0 aliphatic heterocycles. The average molecular weight is 201 g/mol. The van der Waals surface area contributed by atoms with Crippen LogP contribution in [-0.2, 0) is 4.74 Å². The van der Waals surface area contributed by atoms with Crippen LogP contribution in [0.1, 0.15) is 34.1 Å². The third kappa shape index (κ3) is 5.80. The van der Waals surface area contributed by atoms with Gasteiger partial charge >= 0.3 is 0 Å². The summed E-state index contributed by atoms with van der Waals surface area (Å²) in [6.07, 6.45) is 0.639. The Labute approximate surface area is 84.7 Å². The molecular formula is C9H19N3O2. The van der Waals surface area contributed by atoms with E-state index in [1.165, 1.54) is 0 Å². The second kappa shape index (κ2) is 5.20. The third-order valence-electron chi connectivity index (χ3n) is 1.90. The van der Waals surface area contributed by atoms with Crippen molar-refractivity contribution in [3.63, 3.8) is 0 Å². The van der Waals surface area contributed by atoms with Gasteiger partial charge in [0.15, 0.2) is 0 Å².